The quantitative estimate of drug-likeness (QED) is 0.880. The highest BCUT2D eigenvalue weighted by atomic mass is 79.9. The van der Waals surface area contributed by atoms with Crippen LogP contribution < -0.4 is 9.44 Å². The van der Waals surface area contributed by atoms with Crippen LogP contribution in [0, 0.1) is 0 Å². The number of benzene rings is 1. The number of methoxy groups -OCH3 is 1. The summed E-state index contributed by atoms with van der Waals surface area (Å²) in [6.45, 7) is 0. The molecule has 1 aromatic carbocycles. The Morgan fingerprint density at radius 2 is 2.12 bits per heavy atom. The van der Waals surface area contributed by atoms with Crippen LogP contribution in [0.2, 0.25) is 5.02 Å². The minimum atomic E-state index is -4.02. The number of amides is 1. The minimum absolute atomic E-state index is 0.217. The number of hydrogen-bond donors (Lipinski definition) is 2. The van der Waals surface area contributed by atoms with Gasteiger partial charge in [-0.3, -0.25) is 4.72 Å². The summed E-state index contributed by atoms with van der Waals surface area (Å²) in [4.78, 5) is 10.8. The Labute approximate surface area is 112 Å². The van der Waals surface area contributed by atoms with E-state index in [1.54, 1.807) is 10.8 Å². The SMILES string of the molecule is COC(=O)NS(=O)(=O)Nc1ccc(Br)c(Cl)c1. The van der Waals surface area contributed by atoms with Gasteiger partial charge in [0.25, 0.3) is 0 Å². The van der Waals surface area contributed by atoms with E-state index in [0.717, 1.165) is 7.11 Å². The third kappa shape index (κ3) is 4.41. The van der Waals surface area contributed by atoms with Crippen LogP contribution in [0.25, 0.3) is 0 Å². The average Bonchev–Trinajstić information content (AvgIpc) is 2.22. The fourth-order valence-electron chi connectivity index (χ4n) is 0.892. The maximum absolute atomic E-state index is 11.4. The van der Waals surface area contributed by atoms with Crippen LogP contribution >= 0.6 is 27.5 Å². The largest absolute Gasteiger partial charge is 0.452 e. The molecule has 0 heterocycles. The highest BCUT2D eigenvalue weighted by Crippen LogP contribution is 2.25. The van der Waals surface area contributed by atoms with E-state index in [1.165, 1.54) is 12.1 Å². The normalized spacial score (nSPS) is 10.8. The molecule has 9 heteroatoms. The highest BCUT2D eigenvalue weighted by Gasteiger charge is 2.14. The first-order valence-corrected chi connectivity index (χ1v) is 6.83. The first kappa shape index (κ1) is 14.1. The molecule has 0 unspecified atom stereocenters. The predicted molar refractivity (Wildman–Crippen MR) is 67.2 cm³/mol. The maximum Gasteiger partial charge on any atom is 0.422 e. The van der Waals surface area contributed by atoms with Gasteiger partial charge in [0.2, 0.25) is 0 Å². The minimum Gasteiger partial charge on any atom is -0.452 e. The Bertz CT molecular complexity index is 534. The molecular formula is C8H8BrClN2O4S. The molecule has 0 aliphatic rings. The van der Waals surface area contributed by atoms with Gasteiger partial charge < -0.3 is 4.74 Å². The van der Waals surface area contributed by atoms with E-state index in [2.05, 4.69) is 25.4 Å². The Kier molecular flexibility index (Phi) is 4.61. The fourth-order valence-corrected chi connectivity index (χ4v) is 2.11. The zero-order valence-corrected chi connectivity index (χ0v) is 11.7. The standard InChI is InChI=1S/C8H8BrClN2O4S/c1-16-8(13)12-17(14,15)11-5-2-3-6(9)7(10)4-5/h2-4,11H,1H3,(H,12,13). The van der Waals surface area contributed by atoms with Gasteiger partial charge in [-0.15, -0.1) is 0 Å². The molecule has 1 rings (SSSR count). The molecule has 0 bridgehead atoms. The van der Waals surface area contributed by atoms with Gasteiger partial charge in [0, 0.05) is 4.47 Å². The number of carbonyl (C=O) groups excluding carboxylic acids is 1. The lowest BCUT2D eigenvalue weighted by atomic mass is 10.3. The Morgan fingerprint density at radius 3 is 2.65 bits per heavy atom. The van der Waals surface area contributed by atoms with Crippen LogP contribution in [-0.2, 0) is 14.9 Å². The summed E-state index contributed by atoms with van der Waals surface area (Å²) in [6, 6.07) is 4.44. The summed E-state index contributed by atoms with van der Waals surface area (Å²) in [5.41, 5.74) is 0.217. The molecule has 0 saturated carbocycles. The number of rotatable bonds is 3. The van der Waals surface area contributed by atoms with E-state index in [9.17, 15) is 13.2 Å². The van der Waals surface area contributed by atoms with Gasteiger partial charge in [0.15, 0.2) is 0 Å². The molecular weight excluding hydrogens is 336 g/mol. The average molecular weight is 344 g/mol. The molecule has 94 valence electrons. The molecule has 0 fully saturated rings. The van der Waals surface area contributed by atoms with E-state index in [-0.39, 0.29) is 5.69 Å². The van der Waals surface area contributed by atoms with Crippen LogP contribution in [0.15, 0.2) is 22.7 Å². The van der Waals surface area contributed by atoms with Gasteiger partial charge >= 0.3 is 16.3 Å². The zero-order chi connectivity index (χ0) is 13.1. The number of hydrogen-bond acceptors (Lipinski definition) is 4. The summed E-state index contributed by atoms with van der Waals surface area (Å²) in [7, 11) is -2.97. The predicted octanol–water partition coefficient (Wildman–Crippen LogP) is 2.12. The third-order valence-corrected chi connectivity index (χ3v) is 3.75. The Balaban J connectivity index is 2.83. The van der Waals surface area contributed by atoms with E-state index in [4.69, 9.17) is 11.6 Å². The van der Waals surface area contributed by atoms with Gasteiger partial charge in [-0.05, 0) is 34.1 Å². The summed E-state index contributed by atoms with van der Waals surface area (Å²) >= 11 is 8.94. The summed E-state index contributed by atoms with van der Waals surface area (Å²) in [5.74, 6) is 0. The smallest absolute Gasteiger partial charge is 0.422 e. The second kappa shape index (κ2) is 5.56. The number of ether oxygens (including phenoxy) is 1. The van der Waals surface area contributed by atoms with Crippen molar-refractivity contribution in [2.75, 3.05) is 11.8 Å². The molecule has 6 nitrogen and oxygen atoms in total. The van der Waals surface area contributed by atoms with Gasteiger partial charge in [0.1, 0.15) is 0 Å². The maximum atomic E-state index is 11.4. The molecule has 0 aromatic heterocycles. The summed E-state index contributed by atoms with van der Waals surface area (Å²) in [6.07, 6.45) is -1.08. The first-order valence-electron chi connectivity index (χ1n) is 4.17. The van der Waals surface area contributed by atoms with E-state index >= 15 is 0 Å². The fraction of sp³-hybridized carbons (Fsp3) is 0.125. The van der Waals surface area contributed by atoms with Crippen LogP contribution in [0.3, 0.4) is 0 Å². The topological polar surface area (TPSA) is 84.5 Å². The molecule has 0 atom stereocenters. The summed E-state index contributed by atoms with van der Waals surface area (Å²) in [5, 5.41) is 0.336. The number of anilines is 1. The molecule has 0 saturated heterocycles. The zero-order valence-electron chi connectivity index (χ0n) is 8.53. The van der Waals surface area contributed by atoms with E-state index in [0.29, 0.717) is 9.50 Å². The van der Waals surface area contributed by atoms with Crippen molar-refractivity contribution in [1.29, 1.82) is 0 Å². The summed E-state index contributed by atoms with van der Waals surface area (Å²) < 4.78 is 31.3. The van der Waals surface area contributed by atoms with Gasteiger partial charge in [-0.2, -0.15) is 8.42 Å². The Morgan fingerprint density at radius 1 is 1.47 bits per heavy atom. The van der Waals surface area contributed by atoms with Crippen molar-refractivity contribution >= 4 is 49.5 Å². The van der Waals surface area contributed by atoms with E-state index < -0.39 is 16.3 Å². The molecule has 1 aromatic rings. The van der Waals surface area contributed by atoms with Crippen LogP contribution in [0.5, 0.6) is 0 Å². The molecule has 2 N–H and O–H groups in total. The van der Waals surface area contributed by atoms with Crippen molar-refractivity contribution in [2.45, 2.75) is 0 Å². The third-order valence-electron chi connectivity index (χ3n) is 1.57. The van der Waals surface area contributed by atoms with Gasteiger partial charge in [0.05, 0.1) is 17.8 Å². The first-order chi connectivity index (χ1) is 7.84. The lowest BCUT2D eigenvalue weighted by molar-refractivity contribution is 0.177. The molecule has 1 amide bonds. The molecule has 0 radical (unpaired) electrons. The molecule has 0 aliphatic carbocycles. The molecule has 0 spiro atoms. The van der Waals surface area contributed by atoms with Crippen molar-refractivity contribution < 1.29 is 17.9 Å². The van der Waals surface area contributed by atoms with Crippen molar-refractivity contribution in [3.8, 4) is 0 Å². The van der Waals surface area contributed by atoms with Gasteiger partial charge in [-0.1, -0.05) is 11.6 Å². The number of halogens is 2. The lowest BCUT2D eigenvalue weighted by Gasteiger charge is -2.08. The Hall–Kier alpha value is -0.990. The van der Waals surface area contributed by atoms with Crippen LogP contribution in [0.1, 0.15) is 0 Å². The second-order valence-electron chi connectivity index (χ2n) is 2.83. The molecule has 0 aliphatic heterocycles. The lowest BCUT2D eigenvalue weighted by Crippen LogP contribution is -2.35. The van der Waals surface area contributed by atoms with E-state index in [1.807, 2.05) is 0 Å². The highest BCUT2D eigenvalue weighted by molar-refractivity contribution is 9.10. The van der Waals surface area contributed by atoms with Crippen LogP contribution in [0.4, 0.5) is 10.5 Å². The van der Waals surface area contributed by atoms with Crippen LogP contribution in [-0.4, -0.2) is 21.6 Å². The molecule has 17 heavy (non-hydrogen) atoms. The monoisotopic (exact) mass is 342 g/mol. The van der Waals surface area contributed by atoms with Crippen molar-refractivity contribution in [3.63, 3.8) is 0 Å². The van der Waals surface area contributed by atoms with Crippen molar-refractivity contribution in [1.82, 2.24) is 4.72 Å². The number of carbonyl (C=O) groups is 1. The van der Waals surface area contributed by atoms with Crippen molar-refractivity contribution in [2.24, 2.45) is 0 Å². The van der Waals surface area contributed by atoms with Gasteiger partial charge in [-0.25, -0.2) is 9.52 Å². The second-order valence-corrected chi connectivity index (χ2v) is 5.50. The number of nitrogens with one attached hydrogen (secondary N) is 2. The van der Waals surface area contributed by atoms with Crippen molar-refractivity contribution in [3.05, 3.63) is 27.7 Å².